The summed E-state index contributed by atoms with van der Waals surface area (Å²) in [4.78, 5) is 5.92. The van der Waals surface area contributed by atoms with Gasteiger partial charge in [0.1, 0.15) is 5.01 Å². The minimum absolute atomic E-state index is 0.212. The SMILES string of the molecule is CCc1nc(C(N)C2CC2)sc1C. The summed E-state index contributed by atoms with van der Waals surface area (Å²) in [5.41, 5.74) is 7.32. The molecule has 1 saturated carbocycles. The van der Waals surface area contributed by atoms with Gasteiger partial charge in [0.25, 0.3) is 0 Å². The van der Waals surface area contributed by atoms with Crippen LogP contribution in [0.4, 0.5) is 0 Å². The average molecular weight is 196 g/mol. The summed E-state index contributed by atoms with van der Waals surface area (Å²) in [6.07, 6.45) is 3.61. The van der Waals surface area contributed by atoms with E-state index in [2.05, 4.69) is 18.8 Å². The standard InChI is InChI=1S/C10H16N2S/c1-3-8-6(2)13-10(12-8)9(11)7-4-5-7/h7,9H,3-5,11H2,1-2H3. The first-order chi connectivity index (χ1) is 6.22. The molecule has 1 aromatic rings. The van der Waals surface area contributed by atoms with Crippen LogP contribution < -0.4 is 5.73 Å². The van der Waals surface area contributed by atoms with Gasteiger partial charge in [-0.05, 0) is 32.1 Å². The highest BCUT2D eigenvalue weighted by molar-refractivity contribution is 7.11. The van der Waals surface area contributed by atoms with E-state index in [1.807, 2.05) is 0 Å². The highest BCUT2D eigenvalue weighted by Gasteiger charge is 2.31. The smallest absolute Gasteiger partial charge is 0.110 e. The molecule has 1 atom stereocenters. The Labute approximate surface area is 83.2 Å². The van der Waals surface area contributed by atoms with Crippen LogP contribution in [0.5, 0.6) is 0 Å². The van der Waals surface area contributed by atoms with E-state index in [-0.39, 0.29) is 6.04 Å². The Hall–Kier alpha value is -0.410. The van der Waals surface area contributed by atoms with Crippen LogP contribution in [0.25, 0.3) is 0 Å². The molecule has 2 N–H and O–H groups in total. The number of thiazole rings is 1. The van der Waals surface area contributed by atoms with Gasteiger partial charge in [-0.15, -0.1) is 11.3 Å². The van der Waals surface area contributed by atoms with Crippen LogP contribution in [-0.2, 0) is 6.42 Å². The molecule has 1 aromatic heterocycles. The van der Waals surface area contributed by atoms with Crippen molar-refractivity contribution >= 4 is 11.3 Å². The van der Waals surface area contributed by atoms with Gasteiger partial charge >= 0.3 is 0 Å². The molecule has 0 amide bonds. The Balaban J connectivity index is 2.19. The topological polar surface area (TPSA) is 38.9 Å². The lowest BCUT2D eigenvalue weighted by atomic mass is 10.2. The molecule has 0 aromatic carbocycles. The molecule has 1 heterocycles. The normalized spacial score (nSPS) is 19.0. The number of aryl methyl sites for hydroxylation is 2. The van der Waals surface area contributed by atoms with E-state index in [4.69, 9.17) is 5.73 Å². The van der Waals surface area contributed by atoms with Gasteiger partial charge in [-0.1, -0.05) is 6.92 Å². The molecule has 0 aliphatic heterocycles. The third kappa shape index (κ3) is 1.76. The summed E-state index contributed by atoms with van der Waals surface area (Å²) in [5, 5.41) is 1.15. The molecule has 2 rings (SSSR count). The van der Waals surface area contributed by atoms with Crippen molar-refractivity contribution in [1.82, 2.24) is 4.98 Å². The molecule has 13 heavy (non-hydrogen) atoms. The van der Waals surface area contributed by atoms with Crippen LogP contribution in [0.2, 0.25) is 0 Å². The number of nitrogens with zero attached hydrogens (tertiary/aromatic N) is 1. The summed E-state index contributed by atoms with van der Waals surface area (Å²) < 4.78 is 0. The van der Waals surface area contributed by atoms with E-state index in [9.17, 15) is 0 Å². The predicted octanol–water partition coefficient (Wildman–Crippen LogP) is 2.42. The minimum atomic E-state index is 0.212. The first-order valence-electron chi connectivity index (χ1n) is 4.94. The first-order valence-corrected chi connectivity index (χ1v) is 5.75. The van der Waals surface area contributed by atoms with Crippen molar-refractivity contribution in [3.05, 3.63) is 15.6 Å². The fourth-order valence-electron chi connectivity index (χ4n) is 1.58. The summed E-state index contributed by atoms with van der Waals surface area (Å²) >= 11 is 1.78. The molecular formula is C10H16N2S. The van der Waals surface area contributed by atoms with Crippen molar-refractivity contribution in [2.24, 2.45) is 11.7 Å². The van der Waals surface area contributed by atoms with Gasteiger partial charge in [-0.25, -0.2) is 4.98 Å². The van der Waals surface area contributed by atoms with E-state index >= 15 is 0 Å². The van der Waals surface area contributed by atoms with Gasteiger partial charge in [-0.2, -0.15) is 0 Å². The molecule has 2 nitrogen and oxygen atoms in total. The summed E-state index contributed by atoms with van der Waals surface area (Å²) in [6.45, 7) is 4.29. The van der Waals surface area contributed by atoms with Crippen molar-refractivity contribution in [2.45, 2.75) is 39.2 Å². The van der Waals surface area contributed by atoms with E-state index in [1.165, 1.54) is 23.4 Å². The maximum Gasteiger partial charge on any atom is 0.110 e. The lowest BCUT2D eigenvalue weighted by Gasteiger charge is -2.04. The Morgan fingerprint density at radius 1 is 1.62 bits per heavy atom. The number of hydrogen-bond acceptors (Lipinski definition) is 3. The van der Waals surface area contributed by atoms with Gasteiger partial charge in [0.05, 0.1) is 11.7 Å². The van der Waals surface area contributed by atoms with Crippen LogP contribution in [0.1, 0.15) is 41.4 Å². The van der Waals surface area contributed by atoms with E-state index in [0.717, 1.165) is 17.3 Å². The van der Waals surface area contributed by atoms with E-state index in [0.29, 0.717) is 0 Å². The summed E-state index contributed by atoms with van der Waals surface area (Å²) in [7, 11) is 0. The molecule has 0 spiro atoms. The van der Waals surface area contributed by atoms with Gasteiger partial charge < -0.3 is 5.73 Å². The molecule has 0 saturated heterocycles. The number of rotatable bonds is 3. The fourth-order valence-corrected chi connectivity index (χ4v) is 2.68. The molecular weight excluding hydrogens is 180 g/mol. The Morgan fingerprint density at radius 2 is 2.31 bits per heavy atom. The molecule has 72 valence electrons. The summed E-state index contributed by atoms with van der Waals surface area (Å²) in [6, 6.07) is 0.212. The van der Waals surface area contributed by atoms with Crippen LogP contribution in [0, 0.1) is 12.8 Å². The van der Waals surface area contributed by atoms with Crippen LogP contribution in [0.15, 0.2) is 0 Å². The lowest BCUT2D eigenvalue weighted by molar-refractivity contribution is 0.627. The molecule has 1 unspecified atom stereocenters. The van der Waals surface area contributed by atoms with Crippen LogP contribution in [-0.4, -0.2) is 4.98 Å². The van der Waals surface area contributed by atoms with Gasteiger partial charge in [-0.3, -0.25) is 0 Å². The largest absolute Gasteiger partial charge is 0.322 e. The third-order valence-corrected chi connectivity index (χ3v) is 3.77. The Kier molecular flexibility index (Phi) is 2.39. The lowest BCUT2D eigenvalue weighted by Crippen LogP contribution is -2.11. The third-order valence-electron chi connectivity index (χ3n) is 2.66. The number of aromatic nitrogens is 1. The van der Waals surface area contributed by atoms with Crippen LogP contribution in [0.3, 0.4) is 0 Å². The van der Waals surface area contributed by atoms with Crippen molar-refractivity contribution in [3.63, 3.8) is 0 Å². The molecule has 0 radical (unpaired) electrons. The molecule has 1 aliphatic carbocycles. The average Bonchev–Trinajstić information content (AvgIpc) is 2.89. The molecule has 1 fully saturated rings. The zero-order chi connectivity index (χ0) is 9.42. The van der Waals surface area contributed by atoms with Gasteiger partial charge in [0, 0.05) is 4.88 Å². The van der Waals surface area contributed by atoms with Crippen molar-refractivity contribution in [2.75, 3.05) is 0 Å². The quantitative estimate of drug-likeness (QED) is 0.806. The molecule has 1 aliphatic rings. The zero-order valence-electron chi connectivity index (χ0n) is 8.21. The highest BCUT2D eigenvalue weighted by atomic mass is 32.1. The van der Waals surface area contributed by atoms with Crippen LogP contribution >= 0.6 is 11.3 Å². The predicted molar refractivity (Wildman–Crippen MR) is 55.9 cm³/mol. The zero-order valence-corrected chi connectivity index (χ0v) is 9.03. The van der Waals surface area contributed by atoms with Gasteiger partial charge in [0.2, 0.25) is 0 Å². The maximum atomic E-state index is 6.09. The van der Waals surface area contributed by atoms with E-state index in [1.54, 1.807) is 11.3 Å². The van der Waals surface area contributed by atoms with Crippen molar-refractivity contribution < 1.29 is 0 Å². The second-order valence-electron chi connectivity index (χ2n) is 3.77. The number of nitrogens with two attached hydrogens (primary N) is 1. The Morgan fingerprint density at radius 3 is 2.77 bits per heavy atom. The maximum absolute atomic E-state index is 6.09. The Bertz CT molecular complexity index is 302. The second-order valence-corrected chi connectivity index (χ2v) is 5.01. The first kappa shape index (κ1) is 9.16. The van der Waals surface area contributed by atoms with Gasteiger partial charge in [0.15, 0.2) is 0 Å². The second kappa shape index (κ2) is 3.39. The monoisotopic (exact) mass is 196 g/mol. The fraction of sp³-hybridized carbons (Fsp3) is 0.700. The summed E-state index contributed by atoms with van der Waals surface area (Å²) in [5.74, 6) is 0.718. The van der Waals surface area contributed by atoms with E-state index < -0.39 is 0 Å². The molecule has 0 bridgehead atoms. The van der Waals surface area contributed by atoms with Crippen molar-refractivity contribution in [1.29, 1.82) is 0 Å². The minimum Gasteiger partial charge on any atom is -0.322 e. The highest BCUT2D eigenvalue weighted by Crippen LogP contribution is 2.40. The molecule has 3 heteroatoms. The van der Waals surface area contributed by atoms with Crippen molar-refractivity contribution in [3.8, 4) is 0 Å². The number of hydrogen-bond donors (Lipinski definition) is 1.